The topological polar surface area (TPSA) is 62.5 Å². The van der Waals surface area contributed by atoms with Gasteiger partial charge in [0, 0.05) is 55.4 Å². The third-order valence-electron chi connectivity index (χ3n) is 4.81. The van der Waals surface area contributed by atoms with Gasteiger partial charge in [-0.3, -0.25) is 4.79 Å². The summed E-state index contributed by atoms with van der Waals surface area (Å²) in [4.78, 5) is 18.9. The summed E-state index contributed by atoms with van der Waals surface area (Å²) in [6.45, 7) is 2.12. The van der Waals surface area contributed by atoms with Crippen LogP contribution in [0.15, 0.2) is 36.5 Å². The lowest BCUT2D eigenvalue weighted by atomic mass is 10.0. The standard InChI is InChI=1S/C19H21BFN5OS/c20-14-12-23-26-17(22-6-5-18(27)25-7-9-28-10-8-25)11-16(24-19(14)26)13-3-1-2-4-15(13)21/h1-4,11-12,22H,5-10,20H2. The second kappa shape index (κ2) is 8.22. The summed E-state index contributed by atoms with van der Waals surface area (Å²) in [5.74, 6) is 2.54. The van der Waals surface area contributed by atoms with Crippen LogP contribution in [-0.4, -0.2) is 64.4 Å². The van der Waals surface area contributed by atoms with Crippen molar-refractivity contribution in [3.8, 4) is 11.3 Å². The number of aromatic nitrogens is 3. The van der Waals surface area contributed by atoms with Gasteiger partial charge in [0.25, 0.3) is 0 Å². The highest BCUT2D eigenvalue weighted by molar-refractivity contribution is 7.99. The molecule has 1 N–H and O–H groups in total. The molecule has 1 aliphatic rings. The first-order valence-electron chi connectivity index (χ1n) is 9.33. The zero-order valence-electron chi connectivity index (χ0n) is 15.7. The fraction of sp³-hybridized carbons (Fsp3) is 0.316. The van der Waals surface area contributed by atoms with Gasteiger partial charge in [0.1, 0.15) is 19.5 Å². The molecule has 1 aliphatic heterocycles. The molecule has 3 aromatic rings. The predicted octanol–water partition coefficient (Wildman–Crippen LogP) is 1.17. The molecule has 4 rings (SSSR count). The average molecular weight is 397 g/mol. The molecule has 1 saturated heterocycles. The van der Waals surface area contributed by atoms with Gasteiger partial charge in [-0.25, -0.2) is 9.37 Å². The summed E-state index contributed by atoms with van der Waals surface area (Å²) in [6, 6.07) is 8.36. The molecule has 1 fully saturated rings. The highest BCUT2D eigenvalue weighted by Crippen LogP contribution is 2.24. The SMILES string of the molecule is Bc1cnn2c(NCCC(=O)N3CCSCC3)cc(-c3ccccc3F)nc12. The van der Waals surface area contributed by atoms with E-state index in [1.807, 2.05) is 24.5 Å². The van der Waals surface area contributed by atoms with Gasteiger partial charge < -0.3 is 10.2 Å². The van der Waals surface area contributed by atoms with Crippen molar-refractivity contribution in [2.75, 3.05) is 36.5 Å². The molecule has 0 radical (unpaired) electrons. The Bertz CT molecular complexity index is 1010. The summed E-state index contributed by atoms with van der Waals surface area (Å²) < 4.78 is 16.0. The van der Waals surface area contributed by atoms with Gasteiger partial charge in [0.2, 0.25) is 5.91 Å². The van der Waals surface area contributed by atoms with Crippen LogP contribution in [0.5, 0.6) is 0 Å². The van der Waals surface area contributed by atoms with E-state index in [9.17, 15) is 9.18 Å². The number of amides is 1. The van der Waals surface area contributed by atoms with Crippen LogP contribution in [0.4, 0.5) is 10.2 Å². The quantitative estimate of drug-likeness (QED) is 0.655. The highest BCUT2D eigenvalue weighted by Gasteiger charge is 2.17. The van der Waals surface area contributed by atoms with Crippen molar-refractivity contribution in [1.29, 1.82) is 0 Å². The van der Waals surface area contributed by atoms with Gasteiger partial charge >= 0.3 is 0 Å². The molecule has 1 aromatic carbocycles. The van der Waals surface area contributed by atoms with E-state index in [0.717, 1.165) is 30.1 Å². The number of halogens is 1. The molecule has 6 nitrogen and oxygen atoms in total. The number of benzene rings is 1. The largest absolute Gasteiger partial charge is 0.369 e. The van der Waals surface area contributed by atoms with E-state index in [1.165, 1.54) is 6.07 Å². The number of nitrogens with one attached hydrogen (secondary N) is 1. The molecule has 9 heteroatoms. The molecule has 28 heavy (non-hydrogen) atoms. The summed E-state index contributed by atoms with van der Waals surface area (Å²) in [7, 11) is 1.92. The van der Waals surface area contributed by atoms with Crippen molar-refractivity contribution in [2.45, 2.75) is 6.42 Å². The third kappa shape index (κ3) is 3.85. The number of carbonyl (C=O) groups excluding carboxylic acids is 1. The Morgan fingerprint density at radius 1 is 1.29 bits per heavy atom. The number of anilines is 1. The third-order valence-corrected chi connectivity index (χ3v) is 5.75. The Morgan fingerprint density at radius 3 is 2.86 bits per heavy atom. The molecule has 2 aromatic heterocycles. The van der Waals surface area contributed by atoms with E-state index in [1.54, 1.807) is 35.0 Å². The van der Waals surface area contributed by atoms with Gasteiger partial charge in [-0.2, -0.15) is 21.4 Å². The number of hydrogen-bond acceptors (Lipinski definition) is 5. The summed E-state index contributed by atoms with van der Waals surface area (Å²) >= 11 is 1.88. The first-order valence-corrected chi connectivity index (χ1v) is 10.5. The van der Waals surface area contributed by atoms with Crippen LogP contribution in [0, 0.1) is 5.82 Å². The van der Waals surface area contributed by atoms with Crippen LogP contribution in [0.25, 0.3) is 16.9 Å². The molecule has 0 bridgehead atoms. The molecule has 1 amide bonds. The Morgan fingerprint density at radius 2 is 2.07 bits per heavy atom. The van der Waals surface area contributed by atoms with Crippen LogP contribution < -0.4 is 10.8 Å². The van der Waals surface area contributed by atoms with E-state index in [2.05, 4.69) is 15.4 Å². The highest BCUT2D eigenvalue weighted by atomic mass is 32.2. The zero-order chi connectivity index (χ0) is 19.5. The molecular formula is C19H21BFN5OS. The van der Waals surface area contributed by atoms with Gasteiger partial charge in [-0.15, -0.1) is 0 Å². The van der Waals surface area contributed by atoms with Crippen molar-refractivity contribution in [3.63, 3.8) is 0 Å². The second-order valence-corrected chi connectivity index (χ2v) is 7.96. The maximum Gasteiger partial charge on any atom is 0.224 e. The van der Waals surface area contributed by atoms with E-state index in [4.69, 9.17) is 0 Å². The van der Waals surface area contributed by atoms with Gasteiger partial charge in [0.15, 0.2) is 5.65 Å². The molecule has 0 saturated carbocycles. The normalized spacial score (nSPS) is 14.4. The van der Waals surface area contributed by atoms with Crippen molar-refractivity contribution < 1.29 is 9.18 Å². The minimum atomic E-state index is -0.319. The number of carbonyl (C=O) groups is 1. The fourth-order valence-corrected chi connectivity index (χ4v) is 4.18. The maximum absolute atomic E-state index is 14.3. The first kappa shape index (κ1) is 18.8. The zero-order valence-corrected chi connectivity index (χ0v) is 16.5. The van der Waals surface area contributed by atoms with Crippen LogP contribution in [0.1, 0.15) is 6.42 Å². The minimum Gasteiger partial charge on any atom is -0.369 e. The van der Waals surface area contributed by atoms with E-state index in [-0.39, 0.29) is 11.7 Å². The average Bonchev–Trinajstić information content (AvgIpc) is 3.10. The molecule has 0 spiro atoms. The van der Waals surface area contributed by atoms with Crippen LogP contribution in [0.3, 0.4) is 0 Å². The van der Waals surface area contributed by atoms with Crippen molar-refractivity contribution in [2.24, 2.45) is 0 Å². The molecule has 0 unspecified atom stereocenters. The van der Waals surface area contributed by atoms with Crippen LogP contribution >= 0.6 is 11.8 Å². The number of fused-ring (bicyclic) bond motifs is 1. The van der Waals surface area contributed by atoms with Crippen LogP contribution in [-0.2, 0) is 4.79 Å². The number of hydrogen-bond donors (Lipinski definition) is 1. The lowest BCUT2D eigenvalue weighted by Crippen LogP contribution is -2.38. The van der Waals surface area contributed by atoms with E-state index < -0.39 is 0 Å². The number of thioether (sulfide) groups is 1. The Balaban J connectivity index is 1.56. The molecule has 0 atom stereocenters. The lowest BCUT2D eigenvalue weighted by molar-refractivity contribution is -0.130. The van der Waals surface area contributed by atoms with Crippen molar-refractivity contribution in [1.82, 2.24) is 19.5 Å². The fourth-order valence-electron chi connectivity index (χ4n) is 3.27. The summed E-state index contributed by atoms with van der Waals surface area (Å²) in [6.07, 6.45) is 2.14. The Kier molecular flexibility index (Phi) is 5.52. The first-order chi connectivity index (χ1) is 13.6. The second-order valence-electron chi connectivity index (χ2n) is 6.74. The molecule has 0 aliphatic carbocycles. The van der Waals surface area contributed by atoms with Gasteiger partial charge in [-0.1, -0.05) is 12.1 Å². The molecule has 3 heterocycles. The van der Waals surface area contributed by atoms with Crippen molar-refractivity contribution >= 4 is 42.4 Å². The Hall–Kier alpha value is -2.55. The monoisotopic (exact) mass is 397 g/mol. The van der Waals surface area contributed by atoms with E-state index >= 15 is 0 Å². The summed E-state index contributed by atoms with van der Waals surface area (Å²) in [5.41, 5.74) is 2.55. The number of rotatable bonds is 5. The van der Waals surface area contributed by atoms with Crippen molar-refractivity contribution in [3.05, 3.63) is 42.3 Å². The molecular weight excluding hydrogens is 376 g/mol. The Labute approximate surface area is 167 Å². The predicted molar refractivity (Wildman–Crippen MR) is 114 cm³/mol. The minimum absolute atomic E-state index is 0.157. The van der Waals surface area contributed by atoms with Crippen LogP contribution in [0.2, 0.25) is 0 Å². The van der Waals surface area contributed by atoms with E-state index in [0.29, 0.717) is 35.7 Å². The lowest BCUT2D eigenvalue weighted by Gasteiger charge is -2.26. The van der Waals surface area contributed by atoms with Gasteiger partial charge in [0.05, 0.1) is 5.69 Å². The smallest absolute Gasteiger partial charge is 0.224 e. The summed E-state index contributed by atoms with van der Waals surface area (Å²) in [5, 5.41) is 7.65. The number of nitrogens with zero attached hydrogens (tertiary/aromatic N) is 4. The molecule has 144 valence electrons. The van der Waals surface area contributed by atoms with Gasteiger partial charge in [-0.05, 0) is 17.6 Å². The maximum atomic E-state index is 14.3.